The van der Waals surface area contributed by atoms with Gasteiger partial charge in [0.1, 0.15) is 5.82 Å². The average molecular weight is 376 g/mol. The Kier molecular flexibility index (Phi) is 7.30. The highest BCUT2D eigenvalue weighted by Gasteiger charge is 2.20. The molecule has 0 aliphatic rings. The van der Waals surface area contributed by atoms with Crippen LogP contribution >= 0.6 is 0 Å². The second-order valence-electron chi connectivity index (χ2n) is 6.19. The fraction of sp³-hybridized carbons (Fsp3) is 0.444. The van der Waals surface area contributed by atoms with E-state index in [0.29, 0.717) is 33.9 Å². The zero-order valence-corrected chi connectivity index (χ0v) is 15.4. The lowest BCUT2D eigenvalue weighted by Gasteiger charge is -2.19. The SMILES string of the molecule is CCCCC(CN(O)C=O)C(=O)NCc1nc2ccc(C(=O)OC)cc2[nH]1. The molecule has 0 saturated carbocycles. The van der Waals surface area contributed by atoms with Gasteiger partial charge in [0.25, 0.3) is 0 Å². The van der Waals surface area contributed by atoms with E-state index in [2.05, 4.69) is 15.3 Å². The van der Waals surface area contributed by atoms with Gasteiger partial charge in [0, 0.05) is 0 Å². The number of hydrogen-bond donors (Lipinski definition) is 3. The van der Waals surface area contributed by atoms with Gasteiger partial charge in [-0.15, -0.1) is 0 Å². The van der Waals surface area contributed by atoms with E-state index in [4.69, 9.17) is 4.74 Å². The molecule has 1 heterocycles. The number of nitrogens with one attached hydrogen (secondary N) is 2. The van der Waals surface area contributed by atoms with Crippen LogP contribution < -0.4 is 5.32 Å². The number of esters is 1. The summed E-state index contributed by atoms with van der Waals surface area (Å²) in [7, 11) is 1.31. The predicted molar refractivity (Wildman–Crippen MR) is 96.9 cm³/mol. The Hall–Kier alpha value is -2.94. The van der Waals surface area contributed by atoms with Gasteiger partial charge < -0.3 is 15.0 Å². The summed E-state index contributed by atoms with van der Waals surface area (Å²) >= 11 is 0. The number of aromatic nitrogens is 2. The normalized spacial score (nSPS) is 11.8. The van der Waals surface area contributed by atoms with Gasteiger partial charge in [0.05, 0.1) is 42.7 Å². The fourth-order valence-corrected chi connectivity index (χ4v) is 2.73. The number of hydroxylamine groups is 2. The van der Waals surface area contributed by atoms with Crippen molar-refractivity contribution in [2.45, 2.75) is 32.7 Å². The van der Waals surface area contributed by atoms with Crippen LogP contribution in [-0.4, -0.2) is 52.2 Å². The standard InChI is InChI=1S/C18H24N4O5/c1-3-4-5-13(10-22(26)11-23)17(24)19-9-16-20-14-7-6-12(18(25)27-2)8-15(14)21-16/h6-8,11,13,26H,3-5,9-10H2,1-2H3,(H,19,24)(H,20,21). The van der Waals surface area contributed by atoms with Crippen LogP contribution in [-0.2, 0) is 20.9 Å². The number of H-pyrrole nitrogens is 1. The number of imidazole rings is 1. The Balaban J connectivity index is 2.03. The zero-order valence-electron chi connectivity index (χ0n) is 15.4. The summed E-state index contributed by atoms with van der Waals surface area (Å²) in [5.41, 5.74) is 1.73. The number of amides is 2. The Morgan fingerprint density at radius 1 is 1.44 bits per heavy atom. The molecule has 0 radical (unpaired) electrons. The van der Waals surface area contributed by atoms with Crippen molar-refractivity contribution in [3.8, 4) is 0 Å². The van der Waals surface area contributed by atoms with Gasteiger partial charge in [0.15, 0.2) is 0 Å². The molecule has 1 aromatic carbocycles. The number of unbranched alkanes of at least 4 members (excludes halogenated alkanes) is 1. The smallest absolute Gasteiger partial charge is 0.337 e. The molecule has 0 spiro atoms. The monoisotopic (exact) mass is 376 g/mol. The van der Waals surface area contributed by atoms with E-state index in [1.807, 2.05) is 6.92 Å². The molecule has 0 fully saturated rings. The van der Waals surface area contributed by atoms with E-state index in [-0.39, 0.29) is 25.4 Å². The Morgan fingerprint density at radius 2 is 2.22 bits per heavy atom. The first-order valence-electron chi connectivity index (χ1n) is 8.74. The van der Waals surface area contributed by atoms with Gasteiger partial charge in [-0.25, -0.2) is 14.8 Å². The highest BCUT2D eigenvalue weighted by Crippen LogP contribution is 2.15. The lowest BCUT2D eigenvalue weighted by atomic mass is 10.0. The molecule has 1 unspecified atom stereocenters. The molecule has 3 N–H and O–H groups in total. The predicted octanol–water partition coefficient (Wildman–Crippen LogP) is 1.62. The quantitative estimate of drug-likeness (QED) is 0.250. The molecule has 146 valence electrons. The third-order valence-corrected chi connectivity index (χ3v) is 4.19. The maximum absolute atomic E-state index is 12.4. The second kappa shape index (κ2) is 9.67. The first-order chi connectivity index (χ1) is 13.0. The van der Waals surface area contributed by atoms with Crippen LogP contribution in [0, 0.1) is 5.92 Å². The van der Waals surface area contributed by atoms with Crippen molar-refractivity contribution in [3.05, 3.63) is 29.6 Å². The van der Waals surface area contributed by atoms with Crippen LogP contribution in [0.5, 0.6) is 0 Å². The minimum Gasteiger partial charge on any atom is -0.465 e. The van der Waals surface area contributed by atoms with Crippen LogP contribution in [0.4, 0.5) is 0 Å². The number of methoxy groups -OCH3 is 1. The van der Waals surface area contributed by atoms with Gasteiger partial charge >= 0.3 is 5.97 Å². The van der Waals surface area contributed by atoms with Crippen molar-refractivity contribution >= 4 is 29.3 Å². The van der Waals surface area contributed by atoms with E-state index in [9.17, 15) is 19.6 Å². The van der Waals surface area contributed by atoms with Crippen molar-refractivity contribution in [2.75, 3.05) is 13.7 Å². The number of carbonyl (C=O) groups is 3. The fourth-order valence-electron chi connectivity index (χ4n) is 2.73. The summed E-state index contributed by atoms with van der Waals surface area (Å²) < 4.78 is 4.69. The number of hydrogen-bond acceptors (Lipinski definition) is 6. The van der Waals surface area contributed by atoms with Crippen molar-refractivity contribution in [2.24, 2.45) is 5.92 Å². The number of nitrogens with zero attached hydrogens (tertiary/aromatic N) is 2. The summed E-state index contributed by atoms with van der Waals surface area (Å²) in [6, 6.07) is 4.95. The van der Waals surface area contributed by atoms with E-state index in [0.717, 1.165) is 12.8 Å². The summed E-state index contributed by atoms with van der Waals surface area (Å²) in [6.07, 6.45) is 2.56. The molecule has 1 aromatic heterocycles. The lowest BCUT2D eigenvalue weighted by molar-refractivity contribution is -0.154. The van der Waals surface area contributed by atoms with Gasteiger partial charge in [-0.3, -0.25) is 14.8 Å². The minimum absolute atomic E-state index is 0.0576. The molecule has 0 aliphatic heterocycles. The van der Waals surface area contributed by atoms with Crippen molar-refractivity contribution in [3.63, 3.8) is 0 Å². The van der Waals surface area contributed by atoms with Crippen molar-refractivity contribution in [1.29, 1.82) is 0 Å². The summed E-state index contributed by atoms with van der Waals surface area (Å²) in [6.45, 7) is 2.11. The van der Waals surface area contributed by atoms with Gasteiger partial charge in [-0.05, 0) is 24.6 Å². The Bertz CT molecular complexity index is 804. The third-order valence-electron chi connectivity index (χ3n) is 4.19. The van der Waals surface area contributed by atoms with Crippen molar-refractivity contribution < 1.29 is 24.3 Å². The molecule has 1 atom stereocenters. The average Bonchev–Trinajstić information content (AvgIpc) is 3.10. The van der Waals surface area contributed by atoms with Gasteiger partial charge in [0.2, 0.25) is 12.3 Å². The number of carbonyl (C=O) groups excluding carboxylic acids is 3. The number of rotatable bonds is 10. The number of fused-ring (bicyclic) bond motifs is 1. The zero-order chi connectivity index (χ0) is 19.8. The highest BCUT2D eigenvalue weighted by atomic mass is 16.5. The van der Waals surface area contributed by atoms with Crippen LogP contribution in [0.15, 0.2) is 18.2 Å². The summed E-state index contributed by atoms with van der Waals surface area (Å²) in [4.78, 5) is 42.0. The maximum atomic E-state index is 12.4. The molecule has 2 amide bonds. The number of benzene rings is 1. The molecule has 9 nitrogen and oxygen atoms in total. The largest absolute Gasteiger partial charge is 0.465 e. The minimum atomic E-state index is -0.504. The van der Waals surface area contributed by atoms with Gasteiger partial charge in [-0.2, -0.15) is 0 Å². The maximum Gasteiger partial charge on any atom is 0.337 e. The molecule has 2 rings (SSSR count). The molecular weight excluding hydrogens is 352 g/mol. The van der Waals surface area contributed by atoms with E-state index < -0.39 is 11.9 Å². The number of aromatic amines is 1. The molecule has 2 aromatic rings. The Labute approximate surface area is 156 Å². The summed E-state index contributed by atoms with van der Waals surface area (Å²) in [5.74, 6) is -0.676. The molecular formula is C18H24N4O5. The first kappa shape index (κ1) is 20.4. The lowest BCUT2D eigenvalue weighted by Crippen LogP contribution is -2.37. The molecule has 0 saturated heterocycles. The highest BCUT2D eigenvalue weighted by molar-refractivity contribution is 5.93. The van der Waals surface area contributed by atoms with Crippen LogP contribution in [0.1, 0.15) is 42.4 Å². The van der Waals surface area contributed by atoms with Crippen molar-refractivity contribution in [1.82, 2.24) is 20.3 Å². The van der Waals surface area contributed by atoms with Crippen LogP contribution in [0.25, 0.3) is 11.0 Å². The molecule has 27 heavy (non-hydrogen) atoms. The van der Waals surface area contributed by atoms with E-state index in [1.165, 1.54) is 7.11 Å². The Morgan fingerprint density at radius 3 is 2.89 bits per heavy atom. The molecule has 0 bridgehead atoms. The van der Waals surface area contributed by atoms with Gasteiger partial charge in [-0.1, -0.05) is 19.8 Å². The van der Waals surface area contributed by atoms with Crippen LogP contribution in [0.3, 0.4) is 0 Å². The second-order valence-corrected chi connectivity index (χ2v) is 6.19. The van der Waals surface area contributed by atoms with Crippen LogP contribution in [0.2, 0.25) is 0 Å². The molecule has 9 heteroatoms. The third kappa shape index (κ3) is 5.52. The van der Waals surface area contributed by atoms with E-state index >= 15 is 0 Å². The number of ether oxygens (including phenoxy) is 1. The van der Waals surface area contributed by atoms with E-state index in [1.54, 1.807) is 18.2 Å². The molecule has 0 aliphatic carbocycles. The summed E-state index contributed by atoms with van der Waals surface area (Å²) in [5, 5.41) is 12.6. The first-order valence-corrected chi connectivity index (χ1v) is 8.74. The topological polar surface area (TPSA) is 125 Å².